The molecule has 2 atom stereocenters. The normalized spacial score (nSPS) is 15.4. The molecular weight excluding hydrogens is 162 g/mol. The summed E-state index contributed by atoms with van der Waals surface area (Å²) >= 11 is 0. The Morgan fingerprint density at radius 3 is 2.77 bits per heavy atom. The standard InChI is InChI=1S/C10H17N3/c1-4-7(2)10(11)9-5-6-12-8(3)13-9/h5-7,10H,4,11H2,1-3H3. The van der Waals surface area contributed by atoms with Gasteiger partial charge in [-0.2, -0.15) is 0 Å². The first kappa shape index (κ1) is 10.1. The second-order valence-electron chi connectivity index (χ2n) is 3.44. The van der Waals surface area contributed by atoms with Crippen LogP contribution in [0.25, 0.3) is 0 Å². The van der Waals surface area contributed by atoms with Crippen LogP contribution in [0.4, 0.5) is 0 Å². The number of rotatable bonds is 3. The van der Waals surface area contributed by atoms with Crippen molar-refractivity contribution in [3.8, 4) is 0 Å². The Bertz CT molecular complexity index is 273. The third-order valence-electron chi connectivity index (χ3n) is 2.40. The van der Waals surface area contributed by atoms with Gasteiger partial charge < -0.3 is 5.73 Å². The predicted octanol–water partition coefficient (Wildman–Crippen LogP) is 1.83. The van der Waals surface area contributed by atoms with Crippen molar-refractivity contribution in [2.24, 2.45) is 11.7 Å². The highest BCUT2D eigenvalue weighted by Crippen LogP contribution is 2.19. The first-order chi connectivity index (χ1) is 6.15. The van der Waals surface area contributed by atoms with Gasteiger partial charge in [-0.3, -0.25) is 0 Å². The van der Waals surface area contributed by atoms with E-state index in [-0.39, 0.29) is 6.04 Å². The Labute approximate surface area is 79.4 Å². The molecule has 0 saturated carbocycles. The highest BCUT2D eigenvalue weighted by molar-refractivity contribution is 5.07. The van der Waals surface area contributed by atoms with E-state index in [2.05, 4.69) is 23.8 Å². The van der Waals surface area contributed by atoms with E-state index in [1.165, 1.54) is 0 Å². The highest BCUT2D eigenvalue weighted by atomic mass is 14.9. The maximum atomic E-state index is 6.03. The van der Waals surface area contributed by atoms with Gasteiger partial charge in [-0.05, 0) is 18.9 Å². The summed E-state index contributed by atoms with van der Waals surface area (Å²) in [5.41, 5.74) is 6.97. The van der Waals surface area contributed by atoms with Gasteiger partial charge >= 0.3 is 0 Å². The predicted molar refractivity (Wildman–Crippen MR) is 53.2 cm³/mol. The number of hydrogen-bond donors (Lipinski definition) is 1. The number of nitrogens with two attached hydrogens (primary N) is 1. The maximum Gasteiger partial charge on any atom is 0.125 e. The fourth-order valence-electron chi connectivity index (χ4n) is 1.21. The molecule has 0 radical (unpaired) electrons. The maximum absolute atomic E-state index is 6.03. The summed E-state index contributed by atoms with van der Waals surface area (Å²) in [6.45, 7) is 6.16. The van der Waals surface area contributed by atoms with Gasteiger partial charge in [0.05, 0.1) is 5.69 Å². The van der Waals surface area contributed by atoms with E-state index < -0.39 is 0 Å². The first-order valence-electron chi connectivity index (χ1n) is 4.70. The lowest BCUT2D eigenvalue weighted by molar-refractivity contribution is 0.447. The fraction of sp³-hybridized carbons (Fsp3) is 0.600. The van der Waals surface area contributed by atoms with Gasteiger partial charge in [0, 0.05) is 12.2 Å². The van der Waals surface area contributed by atoms with Crippen LogP contribution in [-0.4, -0.2) is 9.97 Å². The molecule has 3 nitrogen and oxygen atoms in total. The zero-order valence-electron chi connectivity index (χ0n) is 8.49. The lowest BCUT2D eigenvalue weighted by Gasteiger charge is -2.17. The Kier molecular flexibility index (Phi) is 3.37. The molecule has 0 bridgehead atoms. The first-order valence-corrected chi connectivity index (χ1v) is 4.70. The largest absolute Gasteiger partial charge is 0.322 e. The molecule has 0 spiro atoms. The number of aryl methyl sites for hydroxylation is 1. The summed E-state index contributed by atoms with van der Waals surface area (Å²) < 4.78 is 0. The SMILES string of the molecule is CCC(C)C(N)c1ccnc(C)n1. The molecule has 0 aromatic carbocycles. The van der Waals surface area contributed by atoms with E-state index in [1.807, 2.05) is 13.0 Å². The molecule has 3 heteroatoms. The van der Waals surface area contributed by atoms with Gasteiger partial charge in [0.2, 0.25) is 0 Å². The lowest BCUT2D eigenvalue weighted by atomic mass is 9.97. The topological polar surface area (TPSA) is 51.8 Å². The van der Waals surface area contributed by atoms with E-state index in [4.69, 9.17) is 5.73 Å². The zero-order valence-corrected chi connectivity index (χ0v) is 8.49. The van der Waals surface area contributed by atoms with Gasteiger partial charge in [0.15, 0.2) is 0 Å². The summed E-state index contributed by atoms with van der Waals surface area (Å²) in [5, 5.41) is 0. The molecule has 0 aliphatic rings. The Morgan fingerprint density at radius 2 is 2.23 bits per heavy atom. The van der Waals surface area contributed by atoms with E-state index in [1.54, 1.807) is 6.20 Å². The van der Waals surface area contributed by atoms with Gasteiger partial charge in [0.25, 0.3) is 0 Å². The van der Waals surface area contributed by atoms with E-state index >= 15 is 0 Å². The minimum absolute atomic E-state index is 0.0340. The summed E-state index contributed by atoms with van der Waals surface area (Å²) in [5.74, 6) is 1.26. The van der Waals surface area contributed by atoms with Crippen LogP contribution in [-0.2, 0) is 0 Å². The molecule has 13 heavy (non-hydrogen) atoms. The minimum Gasteiger partial charge on any atom is -0.322 e. The number of hydrogen-bond acceptors (Lipinski definition) is 3. The summed E-state index contributed by atoms with van der Waals surface area (Å²) in [6.07, 6.45) is 2.84. The number of aromatic nitrogens is 2. The molecular formula is C10H17N3. The van der Waals surface area contributed by atoms with Gasteiger partial charge in [-0.1, -0.05) is 20.3 Å². The van der Waals surface area contributed by atoms with Crippen LogP contribution in [0.15, 0.2) is 12.3 Å². The average molecular weight is 179 g/mol. The van der Waals surface area contributed by atoms with E-state index in [9.17, 15) is 0 Å². The Balaban J connectivity index is 2.82. The van der Waals surface area contributed by atoms with Crippen LogP contribution in [0.2, 0.25) is 0 Å². The van der Waals surface area contributed by atoms with Crippen LogP contribution in [0.1, 0.15) is 37.8 Å². The van der Waals surface area contributed by atoms with Crippen LogP contribution in [0.5, 0.6) is 0 Å². The van der Waals surface area contributed by atoms with Crippen molar-refractivity contribution in [2.75, 3.05) is 0 Å². The summed E-state index contributed by atoms with van der Waals surface area (Å²) in [6, 6.07) is 1.93. The highest BCUT2D eigenvalue weighted by Gasteiger charge is 2.14. The molecule has 72 valence electrons. The van der Waals surface area contributed by atoms with Gasteiger partial charge in [0.1, 0.15) is 5.82 Å². The molecule has 1 heterocycles. The quantitative estimate of drug-likeness (QED) is 0.770. The van der Waals surface area contributed by atoms with Crippen molar-refractivity contribution >= 4 is 0 Å². The smallest absolute Gasteiger partial charge is 0.125 e. The van der Waals surface area contributed by atoms with Crippen LogP contribution in [0.3, 0.4) is 0 Å². The van der Waals surface area contributed by atoms with Gasteiger partial charge in [-0.15, -0.1) is 0 Å². The van der Waals surface area contributed by atoms with Crippen molar-refractivity contribution in [3.63, 3.8) is 0 Å². The van der Waals surface area contributed by atoms with E-state index in [0.717, 1.165) is 17.9 Å². The second-order valence-corrected chi connectivity index (χ2v) is 3.44. The molecule has 2 N–H and O–H groups in total. The molecule has 0 aliphatic carbocycles. The van der Waals surface area contributed by atoms with Crippen molar-refractivity contribution in [1.82, 2.24) is 9.97 Å². The van der Waals surface area contributed by atoms with Crippen molar-refractivity contribution in [2.45, 2.75) is 33.2 Å². The van der Waals surface area contributed by atoms with Crippen molar-refractivity contribution in [3.05, 3.63) is 23.8 Å². The molecule has 0 aliphatic heterocycles. The third kappa shape index (κ3) is 2.49. The van der Waals surface area contributed by atoms with Crippen molar-refractivity contribution < 1.29 is 0 Å². The van der Waals surface area contributed by atoms with Gasteiger partial charge in [-0.25, -0.2) is 9.97 Å². The van der Waals surface area contributed by atoms with Crippen LogP contribution < -0.4 is 5.73 Å². The molecule has 0 saturated heterocycles. The zero-order chi connectivity index (χ0) is 9.84. The van der Waals surface area contributed by atoms with Crippen molar-refractivity contribution in [1.29, 1.82) is 0 Å². The van der Waals surface area contributed by atoms with E-state index in [0.29, 0.717) is 5.92 Å². The molecule has 0 fully saturated rings. The lowest BCUT2D eigenvalue weighted by Crippen LogP contribution is -2.20. The Hall–Kier alpha value is -0.960. The minimum atomic E-state index is 0.0340. The van der Waals surface area contributed by atoms with Crippen LogP contribution in [0, 0.1) is 12.8 Å². The average Bonchev–Trinajstić information content (AvgIpc) is 2.15. The molecule has 1 aromatic heterocycles. The Morgan fingerprint density at radius 1 is 1.54 bits per heavy atom. The molecule has 1 aromatic rings. The second kappa shape index (κ2) is 4.33. The molecule has 1 rings (SSSR count). The fourth-order valence-corrected chi connectivity index (χ4v) is 1.21. The molecule has 2 unspecified atom stereocenters. The summed E-state index contributed by atoms with van der Waals surface area (Å²) in [4.78, 5) is 8.35. The third-order valence-corrected chi connectivity index (χ3v) is 2.40. The number of nitrogens with zero attached hydrogens (tertiary/aromatic N) is 2. The summed E-state index contributed by atoms with van der Waals surface area (Å²) in [7, 11) is 0. The molecule has 0 amide bonds. The monoisotopic (exact) mass is 179 g/mol. The van der Waals surface area contributed by atoms with Crippen LogP contribution >= 0.6 is 0 Å².